The molecule has 1 fully saturated rings. The van der Waals surface area contributed by atoms with Gasteiger partial charge in [0.1, 0.15) is 25.0 Å². The van der Waals surface area contributed by atoms with E-state index in [9.17, 15) is 5.11 Å². The maximum atomic E-state index is 10.0. The molecule has 0 saturated carbocycles. The van der Waals surface area contributed by atoms with E-state index < -0.39 is 6.10 Å². The highest BCUT2D eigenvalue weighted by Gasteiger charge is 2.18. The minimum absolute atomic E-state index is 0.352. The van der Waals surface area contributed by atoms with Gasteiger partial charge in [0.05, 0.1) is 13.1 Å². The van der Waals surface area contributed by atoms with Crippen LogP contribution in [0.25, 0.3) is 0 Å². The average Bonchev–Trinajstić information content (AvgIpc) is 2.41. The Hall–Kier alpha value is -0.770. The predicted molar refractivity (Wildman–Crippen MR) is 77.1 cm³/mol. The monoisotopic (exact) mass is 284 g/mol. The number of aliphatic hydroxyl groups excluding tert-OH is 1. The summed E-state index contributed by atoms with van der Waals surface area (Å²) in [6.45, 7) is 5.44. The second-order valence-electron chi connectivity index (χ2n) is 5.39. The number of benzene rings is 1. The van der Waals surface area contributed by atoms with Crippen LogP contribution < -0.4 is 9.64 Å². The van der Waals surface area contributed by atoms with Crippen LogP contribution in [0.3, 0.4) is 0 Å². The van der Waals surface area contributed by atoms with Gasteiger partial charge >= 0.3 is 0 Å². The van der Waals surface area contributed by atoms with Crippen molar-refractivity contribution in [1.82, 2.24) is 0 Å². The Kier molecular flexibility index (Phi) is 5.49. The molecule has 0 radical (unpaired) electrons. The van der Waals surface area contributed by atoms with Crippen LogP contribution in [0.5, 0.6) is 5.75 Å². The number of hydrogen-bond acceptors (Lipinski definition) is 2. The summed E-state index contributed by atoms with van der Waals surface area (Å²) in [6, 6.07) is 5.58. The van der Waals surface area contributed by atoms with Crippen molar-refractivity contribution < 1.29 is 14.7 Å². The summed E-state index contributed by atoms with van der Waals surface area (Å²) in [6.07, 6.45) is 3.49. The zero-order chi connectivity index (χ0) is 13.7. The number of hydrogen-bond donors (Lipinski definition) is 2. The van der Waals surface area contributed by atoms with Crippen LogP contribution in [-0.4, -0.2) is 37.5 Å². The molecule has 2 N–H and O–H groups in total. The molecule has 0 aliphatic carbocycles. The zero-order valence-corrected chi connectivity index (χ0v) is 12.2. The lowest BCUT2D eigenvalue weighted by molar-refractivity contribution is -0.908. The minimum Gasteiger partial charge on any atom is -0.491 e. The normalized spacial score (nSPS) is 18.3. The van der Waals surface area contributed by atoms with E-state index in [1.807, 2.05) is 25.1 Å². The molecule has 1 atom stereocenters. The number of rotatable bonds is 5. The van der Waals surface area contributed by atoms with Crippen LogP contribution in [0.2, 0.25) is 5.02 Å². The Labute approximate surface area is 120 Å². The molecule has 19 heavy (non-hydrogen) atoms. The molecule has 0 bridgehead atoms. The van der Waals surface area contributed by atoms with E-state index in [0.29, 0.717) is 6.61 Å². The second kappa shape index (κ2) is 7.13. The van der Waals surface area contributed by atoms with E-state index in [0.717, 1.165) is 22.9 Å². The molecular weight excluding hydrogens is 262 g/mol. The number of halogens is 1. The lowest BCUT2D eigenvalue weighted by Crippen LogP contribution is -3.14. The number of aryl methyl sites for hydroxylation is 1. The van der Waals surface area contributed by atoms with E-state index in [4.69, 9.17) is 16.3 Å². The molecule has 1 heterocycles. The summed E-state index contributed by atoms with van der Waals surface area (Å²) in [4.78, 5) is 1.50. The average molecular weight is 285 g/mol. The first kappa shape index (κ1) is 14.6. The summed E-state index contributed by atoms with van der Waals surface area (Å²) >= 11 is 5.96. The van der Waals surface area contributed by atoms with Crippen molar-refractivity contribution in [2.45, 2.75) is 32.3 Å². The maximum Gasteiger partial charge on any atom is 0.137 e. The Morgan fingerprint density at radius 3 is 2.74 bits per heavy atom. The molecule has 0 spiro atoms. The van der Waals surface area contributed by atoms with Crippen molar-refractivity contribution in [2.24, 2.45) is 0 Å². The van der Waals surface area contributed by atoms with Gasteiger partial charge in [0.15, 0.2) is 0 Å². The van der Waals surface area contributed by atoms with Gasteiger partial charge in [-0.2, -0.15) is 0 Å². The predicted octanol–water partition coefficient (Wildman–Crippen LogP) is 1.46. The van der Waals surface area contributed by atoms with Crippen molar-refractivity contribution in [3.05, 3.63) is 28.8 Å². The van der Waals surface area contributed by atoms with Crippen molar-refractivity contribution >= 4 is 11.6 Å². The molecule has 1 aliphatic rings. The minimum atomic E-state index is -0.399. The third kappa shape index (κ3) is 4.68. The Balaban J connectivity index is 1.75. The molecule has 106 valence electrons. The van der Waals surface area contributed by atoms with Crippen LogP contribution in [0.4, 0.5) is 0 Å². The largest absolute Gasteiger partial charge is 0.491 e. The Bertz CT molecular complexity index is 405. The highest BCUT2D eigenvalue weighted by Crippen LogP contribution is 2.20. The summed E-state index contributed by atoms with van der Waals surface area (Å²) in [5.41, 5.74) is 0.996. The van der Waals surface area contributed by atoms with Crippen LogP contribution in [0.15, 0.2) is 18.2 Å². The van der Waals surface area contributed by atoms with Crippen LogP contribution in [0, 0.1) is 6.92 Å². The molecule has 1 aromatic rings. The van der Waals surface area contributed by atoms with Gasteiger partial charge in [0.25, 0.3) is 0 Å². The quantitative estimate of drug-likeness (QED) is 0.858. The molecule has 3 nitrogen and oxygen atoms in total. The number of aliphatic hydroxyl groups is 1. The fraction of sp³-hybridized carbons (Fsp3) is 0.600. The van der Waals surface area contributed by atoms with Crippen molar-refractivity contribution in [1.29, 1.82) is 0 Å². The maximum absolute atomic E-state index is 10.0. The van der Waals surface area contributed by atoms with Gasteiger partial charge in [-0.15, -0.1) is 0 Å². The van der Waals surface area contributed by atoms with E-state index in [1.54, 1.807) is 0 Å². The molecular formula is C15H23ClNO2+. The summed E-state index contributed by atoms with van der Waals surface area (Å²) < 4.78 is 5.62. The molecule has 1 aliphatic heterocycles. The molecule has 0 aromatic heterocycles. The summed E-state index contributed by atoms with van der Waals surface area (Å²) in [7, 11) is 0. The van der Waals surface area contributed by atoms with Gasteiger partial charge in [0.2, 0.25) is 0 Å². The summed E-state index contributed by atoms with van der Waals surface area (Å²) in [5.74, 6) is 0.773. The summed E-state index contributed by atoms with van der Waals surface area (Å²) in [5, 5.41) is 10.8. The topological polar surface area (TPSA) is 33.9 Å². The van der Waals surface area contributed by atoms with Gasteiger partial charge < -0.3 is 14.7 Å². The smallest absolute Gasteiger partial charge is 0.137 e. The van der Waals surface area contributed by atoms with Crippen LogP contribution >= 0.6 is 11.6 Å². The fourth-order valence-corrected chi connectivity index (χ4v) is 2.66. The van der Waals surface area contributed by atoms with Crippen LogP contribution in [-0.2, 0) is 0 Å². The van der Waals surface area contributed by atoms with Crippen molar-refractivity contribution in [3.8, 4) is 5.75 Å². The highest BCUT2D eigenvalue weighted by atomic mass is 35.5. The lowest BCUT2D eigenvalue weighted by atomic mass is 10.1. The fourth-order valence-electron chi connectivity index (χ4n) is 2.55. The lowest BCUT2D eigenvalue weighted by Gasteiger charge is -2.25. The molecule has 4 heteroatoms. The second-order valence-corrected chi connectivity index (χ2v) is 5.80. The van der Waals surface area contributed by atoms with Crippen molar-refractivity contribution in [2.75, 3.05) is 26.2 Å². The first-order valence-electron chi connectivity index (χ1n) is 7.06. The Morgan fingerprint density at radius 1 is 1.32 bits per heavy atom. The highest BCUT2D eigenvalue weighted by molar-refractivity contribution is 6.31. The first-order valence-corrected chi connectivity index (χ1v) is 7.43. The van der Waals surface area contributed by atoms with Gasteiger partial charge in [-0.1, -0.05) is 11.6 Å². The van der Waals surface area contributed by atoms with E-state index >= 15 is 0 Å². The number of nitrogens with one attached hydrogen (secondary N) is 1. The SMILES string of the molecule is Cc1cc(OC[C@@H](O)C[NH+]2CCCCC2)ccc1Cl. The van der Waals surface area contributed by atoms with Crippen LogP contribution in [0.1, 0.15) is 24.8 Å². The van der Waals surface area contributed by atoms with Gasteiger partial charge in [-0.25, -0.2) is 0 Å². The van der Waals surface area contributed by atoms with Crippen molar-refractivity contribution in [3.63, 3.8) is 0 Å². The number of piperidine rings is 1. The molecule has 2 rings (SSSR count). The Morgan fingerprint density at radius 2 is 2.05 bits per heavy atom. The van der Waals surface area contributed by atoms with E-state index in [1.165, 1.54) is 37.3 Å². The van der Waals surface area contributed by atoms with E-state index in [2.05, 4.69) is 0 Å². The molecule has 0 amide bonds. The third-order valence-corrected chi connectivity index (χ3v) is 4.08. The standard InChI is InChI=1S/C15H22ClNO2/c1-12-9-14(5-6-15(12)16)19-11-13(18)10-17-7-3-2-4-8-17/h5-6,9,13,18H,2-4,7-8,10-11H2,1H3/p+1/t13-/m0/s1. The number of ether oxygens (including phenoxy) is 1. The molecule has 1 saturated heterocycles. The molecule has 0 unspecified atom stereocenters. The number of likely N-dealkylation sites (tertiary alicyclic amines) is 1. The van der Waals surface area contributed by atoms with Gasteiger partial charge in [0, 0.05) is 5.02 Å². The van der Waals surface area contributed by atoms with E-state index in [-0.39, 0.29) is 0 Å². The van der Waals surface area contributed by atoms with Gasteiger partial charge in [-0.3, -0.25) is 0 Å². The van der Waals surface area contributed by atoms with Gasteiger partial charge in [-0.05, 0) is 49.9 Å². The number of quaternary nitrogens is 1. The molecule has 1 aromatic carbocycles. The first-order chi connectivity index (χ1) is 9.15. The zero-order valence-electron chi connectivity index (χ0n) is 11.5. The third-order valence-electron chi connectivity index (χ3n) is 3.66.